The molecule has 3 nitrogen and oxygen atoms in total. The van der Waals surface area contributed by atoms with E-state index in [1.165, 1.54) is 6.26 Å². The second-order valence-corrected chi connectivity index (χ2v) is 7.41. The molecule has 1 rings (SSSR count). The van der Waals surface area contributed by atoms with E-state index in [2.05, 4.69) is 0 Å². The van der Waals surface area contributed by atoms with E-state index < -0.39 is 15.8 Å². The molecule has 2 atom stereocenters. The standard InChI is InChI=1S/C11H21F2NO2S/c1-17(15,16)7-3-5-10(14)9-4-2-6-11(12,13)8-9/h9-10H,2-8,14H2,1H3. The zero-order valence-corrected chi connectivity index (χ0v) is 11.0. The lowest BCUT2D eigenvalue weighted by Crippen LogP contribution is -2.38. The van der Waals surface area contributed by atoms with Crippen LogP contribution in [0.4, 0.5) is 8.78 Å². The smallest absolute Gasteiger partial charge is 0.248 e. The summed E-state index contributed by atoms with van der Waals surface area (Å²) in [6.07, 6.45) is 3.20. The van der Waals surface area contributed by atoms with Crippen LogP contribution in [0.1, 0.15) is 38.5 Å². The van der Waals surface area contributed by atoms with Crippen molar-refractivity contribution >= 4 is 9.84 Å². The molecule has 2 unspecified atom stereocenters. The summed E-state index contributed by atoms with van der Waals surface area (Å²) in [7, 11) is -2.98. The molecule has 0 aromatic heterocycles. The van der Waals surface area contributed by atoms with Crippen LogP contribution < -0.4 is 5.73 Å². The van der Waals surface area contributed by atoms with Crippen molar-refractivity contribution in [1.29, 1.82) is 0 Å². The summed E-state index contributed by atoms with van der Waals surface area (Å²) >= 11 is 0. The molecule has 0 spiro atoms. The molecule has 17 heavy (non-hydrogen) atoms. The Morgan fingerprint density at radius 1 is 1.47 bits per heavy atom. The Kier molecular flexibility index (Phi) is 4.89. The summed E-state index contributed by atoms with van der Waals surface area (Å²) in [5.41, 5.74) is 5.87. The maximum Gasteiger partial charge on any atom is 0.248 e. The Morgan fingerprint density at radius 3 is 2.65 bits per heavy atom. The predicted octanol–water partition coefficient (Wildman–Crippen LogP) is 1.96. The van der Waals surface area contributed by atoms with Gasteiger partial charge in [0, 0.05) is 30.9 Å². The molecule has 0 aliphatic heterocycles. The van der Waals surface area contributed by atoms with Gasteiger partial charge in [-0.25, -0.2) is 17.2 Å². The van der Waals surface area contributed by atoms with Gasteiger partial charge in [0.1, 0.15) is 9.84 Å². The van der Waals surface area contributed by atoms with E-state index in [9.17, 15) is 17.2 Å². The Labute approximate surface area is 102 Å². The highest BCUT2D eigenvalue weighted by Crippen LogP contribution is 2.38. The first-order valence-electron chi connectivity index (χ1n) is 6.01. The third-order valence-electron chi connectivity index (χ3n) is 3.34. The molecule has 6 heteroatoms. The fourth-order valence-electron chi connectivity index (χ4n) is 2.39. The molecule has 0 radical (unpaired) electrons. The molecule has 0 saturated heterocycles. The monoisotopic (exact) mass is 269 g/mol. The van der Waals surface area contributed by atoms with Gasteiger partial charge in [-0.05, 0) is 31.6 Å². The lowest BCUT2D eigenvalue weighted by molar-refractivity contribution is -0.0565. The number of sulfone groups is 1. The van der Waals surface area contributed by atoms with Crippen molar-refractivity contribution in [3.63, 3.8) is 0 Å². The molecule has 1 aliphatic rings. The fourth-order valence-corrected chi connectivity index (χ4v) is 3.08. The minimum atomic E-state index is -2.98. The maximum absolute atomic E-state index is 13.2. The highest BCUT2D eigenvalue weighted by Gasteiger charge is 2.38. The van der Waals surface area contributed by atoms with Crippen LogP contribution in [0, 0.1) is 5.92 Å². The summed E-state index contributed by atoms with van der Waals surface area (Å²) in [5.74, 6) is -2.67. The van der Waals surface area contributed by atoms with Gasteiger partial charge in [0.25, 0.3) is 0 Å². The first-order chi connectivity index (χ1) is 7.70. The van der Waals surface area contributed by atoms with Gasteiger partial charge in [-0.1, -0.05) is 0 Å². The first kappa shape index (κ1) is 14.8. The molecule has 1 saturated carbocycles. The molecule has 2 N–H and O–H groups in total. The molecule has 0 bridgehead atoms. The lowest BCUT2D eigenvalue weighted by Gasteiger charge is -2.32. The van der Waals surface area contributed by atoms with E-state index in [4.69, 9.17) is 5.73 Å². The quantitative estimate of drug-likeness (QED) is 0.830. The number of hydrogen-bond acceptors (Lipinski definition) is 3. The van der Waals surface area contributed by atoms with E-state index in [1.807, 2.05) is 0 Å². The van der Waals surface area contributed by atoms with Gasteiger partial charge in [0.2, 0.25) is 5.92 Å². The average molecular weight is 269 g/mol. The van der Waals surface area contributed by atoms with Crippen LogP contribution in [0.2, 0.25) is 0 Å². The number of rotatable bonds is 5. The summed E-state index contributed by atoms with van der Waals surface area (Å²) < 4.78 is 48.2. The van der Waals surface area contributed by atoms with Crippen LogP contribution in [-0.4, -0.2) is 32.4 Å². The fraction of sp³-hybridized carbons (Fsp3) is 1.00. The Balaban J connectivity index is 2.35. The summed E-state index contributed by atoms with van der Waals surface area (Å²) in [5, 5.41) is 0. The van der Waals surface area contributed by atoms with Crippen molar-refractivity contribution in [1.82, 2.24) is 0 Å². The Bertz CT molecular complexity index is 343. The zero-order chi connectivity index (χ0) is 13.1. The van der Waals surface area contributed by atoms with Crippen LogP contribution in [0.5, 0.6) is 0 Å². The first-order valence-corrected chi connectivity index (χ1v) is 8.07. The van der Waals surface area contributed by atoms with E-state index in [0.717, 1.165) is 6.42 Å². The Morgan fingerprint density at radius 2 is 2.12 bits per heavy atom. The third-order valence-corrected chi connectivity index (χ3v) is 4.37. The van der Waals surface area contributed by atoms with Crippen LogP contribution in [0.15, 0.2) is 0 Å². The average Bonchev–Trinajstić information content (AvgIpc) is 2.13. The molecule has 0 amide bonds. The van der Waals surface area contributed by atoms with E-state index in [0.29, 0.717) is 19.3 Å². The van der Waals surface area contributed by atoms with Crippen LogP contribution in [-0.2, 0) is 9.84 Å². The Hall–Kier alpha value is -0.230. The lowest BCUT2D eigenvalue weighted by atomic mass is 9.81. The SMILES string of the molecule is CS(=O)(=O)CCCC(N)C1CCCC(F)(F)C1. The molecule has 0 heterocycles. The molecule has 1 fully saturated rings. The summed E-state index contributed by atoms with van der Waals surface area (Å²) in [6, 6.07) is -0.303. The van der Waals surface area contributed by atoms with Gasteiger partial charge in [-0.2, -0.15) is 0 Å². The third kappa shape index (κ3) is 5.77. The maximum atomic E-state index is 13.2. The van der Waals surface area contributed by atoms with Crippen molar-refractivity contribution in [2.45, 2.75) is 50.5 Å². The molecule has 1 aliphatic carbocycles. The van der Waals surface area contributed by atoms with E-state index >= 15 is 0 Å². The van der Waals surface area contributed by atoms with Crippen molar-refractivity contribution < 1.29 is 17.2 Å². The molecular weight excluding hydrogens is 248 g/mol. The van der Waals surface area contributed by atoms with Crippen LogP contribution in [0.25, 0.3) is 0 Å². The van der Waals surface area contributed by atoms with Gasteiger partial charge in [0.05, 0.1) is 0 Å². The van der Waals surface area contributed by atoms with Crippen LogP contribution >= 0.6 is 0 Å². The number of alkyl halides is 2. The van der Waals surface area contributed by atoms with E-state index in [1.54, 1.807) is 0 Å². The second-order valence-electron chi connectivity index (χ2n) is 5.15. The minimum absolute atomic E-state index is 0.0421. The van der Waals surface area contributed by atoms with Crippen molar-refractivity contribution in [3.8, 4) is 0 Å². The van der Waals surface area contributed by atoms with Crippen molar-refractivity contribution in [2.75, 3.05) is 12.0 Å². The van der Waals surface area contributed by atoms with Gasteiger partial charge in [0.15, 0.2) is 0 Å². The minimum Gasteiger partial charge on any atom is -0.327 e. The second kappa shape index (κ2) is 5.61. The van der Waals surface area contributed by atoms with Crippen LogP contribution in [0.3, 0.4) is 0 Å². The number of hydrogen-bond donors (Lipinski definition) is 1. The number of nitrogens with two attached hydrogens (primary N) is 1. The predicted molar refractivity (Wildman–Crippen MR) is 63.8 cm³/mol. The summed E-state index contributed by atoms with van der Waals surface area (Å²) in [4.78, 5) is 0. The van der Waals surface area contributed by atoms with Gasteiger partial charge >= 0.3 is 0 Å². The van der Waals surface area contributed by atoms with Crippen molar-refractivity contribution in [3.05, 3.63) is 0 Å². The zero-order valence-electron chi connectivity index (χ0n) is 10.2. The molecular formula is C11H21F2NO2S. The largest absolute Gasteiger partial charge is 0.327 e. The molecule has 0 aromatic rings. The highest BCUT2D eigenvalue weighted by atomic mass is 32.2. The van der Waals surface area contributed by atoms with Gasteiger partial charge in [-0.3, -0.25) is 0 Å². The summed E-state index contributed by atoms with van der Waals surface area (Å²) in [6.45, 7) is 0. The highest BCUT2D eigenvalue weighted by molar-refractivity contribution is 7.90. The van der Waals surface area contributed by atoms with Crippen molar-refractivity contribution in [2.24, 2.45) is 11.7 Å². The van der Waals surface area contributed by atoms with Gasteiger partial charge < -0.3 is 5.73 Å². The topological polar surface area (TPSA) is 60.2 Å². The normalized spacial score (nSPS) is 26.7. The number of halogens is 2. The van der Waals surface area contributed by atoms with Gasteiger partial charge in [-0.15, -0.1) is 0 Å². The molecule has 0 aromatic carbocycles. The van der Waals surface area contributed by atoms with E-state index in [-0.39, 0.29) is 30.6 Å². The molecule has 102 valence electrons.